The van der Waals surface area contributed by atoms with Gasteiger partial charge in [0, 0.05) is 25.1 Å². The van der Waals surface area contributed by atoms with Crippen LogP contribution in [0.25, 0.3) is 0 Å². The fourth-order valence-corrected chi connectivity index (χ4v) is 1.99. The molecule has 0 aliphatic carbocycles. The molecule has 88 valence electrons. The van der Waals surface area contributed by atoms with E-state index in [0.717, 1.165) is 18.2 Å². The van der Waals surface area contributed by atoms with Gasteiger partial charge in [-0.25, -0.2) is 9.97 Å². The molecule has 1 saturated heterocycles. The third-order valence-corrected chi connectivity index (χ3v) is 2.82. The van der Waals surface area contributed by atoms with Crippen LogP contribution in [0.1, 0.15) is 11.7 Å². The van der Waals surface area contributed by atoms with E-state index >= 15 is 0 Å². The number of rotatable bonds is 2. The lowest BCUT2D eigenvalue weighted by Crippen LogP contribution is -2.40. The number of nitrogens with zero attached hydrogens (tertiary/aromatic N) is 4. The summed E-state index contributed by atoms with van der Waals surface area (Å²) < 4.78 is 5.51. The van der Waals surface area contributed by atoms with Gasteiger partial charge in [-0.3, -0.25) is 5.10 Å². The summed E-state index contributed by atoms with van der Waals surface area (Å²) in [5.74, 6) is 0.732. The molecule has 1 atom stereocenters. The van der Waals surface area contributed by atoms with Gasteiger partial charge in [0.25, 0.3) is 0 Å². The Morgan fingerprint density at radius 3 is 2.94 bits per heavy atom. The number of hydrogen-bond donors (Lipinski definition) is 1. The lowest BCUT2D eigenvalue weighted by molar-refractivity contribution is 0.0921. The summed E-state index contributed by atoms with van der Waals surface area (Å²) in [5, 5.41) is 6.96. The molecule has 1 fully saturated rings. The smallest absolute Gasteiger partial charge is 0.225 e. The maximum atomic E-state index is 5.51. The second-order valence-corrected chi connectivity index (χ2v) is 3.84. The standard InChI is InChI=1S/C11H13N5O/c1-3-12-11(13-4-1)16-6-7-17-8-10(16)9-2-5-14-15-9/h1-5,10H,6-8H2,(H,14,15)/t10-/m0/s1. The van der Waals surface area contributed by atoms with E-state index in [1.807, 2.05) is 12.1 Å². The van der Waals surface area contributed by atoms with Gasteiger partial charge in [-0.05, 0) is 12.1 Å². The van der Waals surface area contributed by atoms with Gasteiger partial charge < -0.3 is 9.64 Å². The van der Waals surface area contributed by atoms with Crippen molar-refractivity contribution in [3.05, 3.63) is 36.4 Å². The number of hydrogen-bond acceptors (Lipinski definition) is 5. The molecule has 1 aliphatic rings. The molecule has 0 radical (unpaired) electrons. The molecule has 17 heavy (non-hydrogen) atoms. The van der Waals surface area contributed by atoms with Crippen molar-refractivity contribution in [2.45, 2.75) is 6.04 Å². The highest BCUT2D eigenvalue weighted by Crippen LogP contribution is 2.25. The topological polar surface area (TPSA) is 66.9 Å². The van der Waals surface area contributed by atoms with Gasteiger partial charge in [-0.15, -0.1) is 0 Å². The molecule has 1 aliphatic heterocycles. The number of aromatic amines is 1. The Labute approximate surface area is 98.7 Å². The molecule has 6 heteroatoms. The van der Waals surface area contributed by atoms with Crippen LogP contribution in [0.3, 0.4) is 0 Å². The Kier molecular flexibility index (Phi) is 2.71. The molecular formula is C11H13N5O. The number of H-pyrrole nitrogens is 1. The van der Waals surface area contributed by atoms with Crippen molar-refractivity contribution >= 4 is 5.95 Å². The highest BCUT2D eigenvalue weighted by Gasteiger charge is 2.27. The first-order chi connectivity index (χ1) is 8.45. The summed E-state index contributed by atoms with van der Waals surface area (Å²) in [6, 6.07) is 3.87. The zero-order chi connectivity index (χ0) is 11.5. The van der Waals surface area contributed by atoms with E-state index in [9.17, 15) is 0 Å². The summed E-state index contributed by atoms with van der Waals surface area (Å²) in [7, 11) is 0. The molecule has 0 amide bonds. The molecule has 3 rings (SSSR count). The minimum Gasteiger partial charge on any atom is -0.377 e. The second-order valence-electron chi connectivity index (χ2n) is 3.84. The molecule has 0 unspecified atom stereocenters. The SMILES string of the molecule is c1cnc(N2CCOC[C@H]2c2ccn[nH]2)nc1. The van der Waals surface area contributed by atoms with Gasteiger partial charge in [0.1, 0.15) is 0 Å². The quantitative estimate of drug-likeness (QED) is 0.827. The Bertz CT molecular complexity index is 458. The van der Waals surface area contributed by atoms with E-state index in [0.29, 0.717) is 13.2 Å². The second kappa shape index (κ2) is 4.50. The first kappa shape index (κ1) is 10.2. The van der Waals surface area contributed by atoms with Crippen LogP contribution in [0.5, 0.6) is 0 Å². The van der Waals surface area contributed by atoms with Gasteiger partial charge >= 0.3 is 0 Å². The zero-order valence-electron chi connectivity index (χ0n) is 9.28. The van der Waals surface area contributed by atoms with Gasteiger partial charge in [0.05, 0.1) is 24.9 Å². The molecule has 2 aromatic heterocycles. The van der Waals surface area contributed by atoms with E-state index in [4.69, 9.17) is 4.74 Å². The van der Waals surface area contributed by atoms with E-state index in [1.54, 1.807) is 18.6 Å². The Morgan fingerprint density at radius 1 is 1.29 bits per heavy atom. The normalized spacial score (nSPS) is 20.5. The van der Waals surface area contributed by atoms with E-state index in [2.05, 4.69) is 25.1 Å². The monoisotopic (exact) mass is 231 g/mol. The maximum Gasteiger partial charge on any atom is 0.225 e. The van der Waals surface area contributed by atoms with Gasteiger partial charge in [-0.2, -0.15) is 5.10 Å². The van der Waals surface area contributed by atoms with Gasteiger partial charge in [0.15, 0.2) is 0 Å². The Morgan fingerprint density at radius 2 is 2.18 bits per heavy atom. The Balaban J connectivity index is 1.91. The average Bonchev–Trinajstić information content (AvgIpc) is 2.94. The minimum atomic E-state index is 0.105. The molecule has 0 spiro atoms. The van der Waals surface area contributed by atoms with Gasteiger partial charge in [0.2, 0.25) is 5.95 Å². The summed E-state index contributed by atoms with van der Waals surface area (Å²) in [6.45, 7) is 2.11. The van der Waals surface area contributed by atoms with Crippen molar-refractivity contribution in [2.24, 2.45) is 0 Å². The maximum absolute atomic E-state index is 5.51. The highest BCUT2D eigenvalue weighted by molar-refractivity contribution is 5.34. The molecule has 2 aromatic rings. The van der Waals surface area contributed by atoms with E-state index in [-0.39, 0.29) is 6.04 Å². The molecule has 6 nitrogen and oxygen atoms in total. The summed E-state index contributed by atoms with van der Waals surface area (Å²) in [6.07, 6.45) is 5.25. The van der Waals surface area contributed by atoms with Crippen molar-refractivity contribution in [2.75, 3.05) is 24.7 Å². The van der Waals surface area contributed by atoms with Crippen molar-refractivity contribution in [3.8, 4) is 0 Å². The fraction of sp³-hybridized carbons (Fsp3) is 0.364. The molecular weight excluding hydrogens is 218 g/mol. The van der Waals surface area contributed by atoms with Crippen LogP contribution >= 0.6 is 0 Å². The molecule has 0 aromatic carbocycles. The number of aromatic nitrogens is 4. The highest BCUT2D eigenvalue weighted by atomic mass is 16.5. The van der Waals surface area contributed by atoms with Crippen molar-refractivity contribution in [3.63, 3.8) is 0 Å². The predicted octanol–water partition coefficient (Wildman–Crippen LogP) is 0.778. The van der Waals surface area contributed by atoms with Crippen LogP contribution in [-0.4, -0.2) is 39.9 Å². The number of morpholine rings is 1. The third-order valence-electron chi connectivity index (χ3n) is 2.82. The van der Waals surface area contributed by atoms with E-state index in [1.165, 1.54) is 0 Å². The third kappa shape index (κ3) is 1.99. The van der Waals surface area contributed by atoms with Crippen LogP contribution in [0.4, 0.5) is 5.95 Å². The number of nitrogens with one attached hydrogen (secondary N) is 1. The molecule has 0 saturated carbocycles. The van der Waals surface area contributed by atoms with Crippen molar-refractivity contribution in [1.29, 1.82) is 0 Å². The largest absolute Gasteiger partial charge is 0.377 e. The van der Waals surface area contributed by atoms with Crippen LogP contribution in [-0.2, 0) is 4.74 Å². The summed E-state index contributed by atoms with van der Waals surface area (Å²) in [4.78, 5) is 10.7. The zero-order valence-corrected chi connectivity index (χ0v) is 9.28. The lowest BCUT2D eigenvalue weighted by atomic mass is 10.1. The number of anilines is 1. The molecule has 0 bridgehead atoms. The van der Waals surface area contributed by atoms with Crippen LogP contribution < -0.4 is 4.90 Å². The molecule has 3 heterocycles. The summed E-state index contributed by atoms with van der Waals surface area (Å²) in [5.41, 5.74) is 1.03. The minimum absolute atomic E-state index is 0.105. The predicted molar refractivity (Wildman–Crippen MR) is 61.5 cm³/mol. The first-order valence-corrected chi connectivity index (χ1v) is 5.56. The first-order valence-electron chi connectivity index (χ1n) is 5.56. The van der Waals surface area contributed by atoms with Gasteiger partial charge in [-0.1, -0.05) is 0 Å². The Hall–Kier alpha value is -1.95. The summed E-state index contributed by atoms with van der Waals surface area (Å²) >= 11 is 0. The average molecular weight is 231 g/mol. The van der Waals surface area contributed by atoms with Crippen LogP contribution in [0.15, 0.2) is 30.7 Å². The lowest BCUT2D eigenvalue weighted by Gasteiger charge is -2.34. The number of ether oxygens (including phenoxy) is 1. The van der Waals surface area contributed by atoms with E-state index < -0.39 is 0 Å². The van der Waals surface area contributed by atoms with Crippen LogP contribution in [0.2, 0.25) is 0 Å². The molecule has 1 N–H and O–H groups in total. The van der Waals surface area contributed by atoms with Crippen LogP contribution in [0, 0.1) is 0 Å². The van der Waals surface area contributed by atoms with Crippen molar-refractivity contribution in [1.82, 2.24) is 20.2 Å². The fourth-order valence-electron chi connectivity index (χ4n) is 1.99. The van der Waals surface area contributed by atoms with Crippen molar-refractivity contribution < 1.29 is 4.74 Å².